The highest BCUT2D eigenvalue weighted by Gasteiger charge is 2.03. The normalized spacial score (nSPS) is 12.4. The Morgan fingerprint density at radius 3 is 1.46 bits per heavy atom. The third-order valence-corrected chi connectivity index (χ3v) is 4.82. The lowest BCUT2D eigenvalue weighted by Crippen LogP contribution is -2.05. The van der Waals surface area contributed by atoms with Gasteiger partial charge in [-0.15, -0.1) is 0 Å². The molecule has 1 atom stereocenters. The van der Waals surface area contributed by atoms with Gasteiger partial charge in [-0.25, -0.2) is 0 Å². The van der Waals surface area contributed by atoms with Crippen LogP contribution < -0.4 is 0 Å². The van der Waals surface area contributed by atoms with Crippen molar-refractivity contribution in [3.63, 3.8) is 0 Å². The van der Waals surface area contributed by atoms with Crippen molar-refractivity contribution in [2.24, 2.45) is 0 Å². The van der Waals surface area contributed by atoms with Gasteiger partial charge in [-0.1, -0.05) is 96.8 Å². The fraction of sp³-hybridized carbons (Fsp3) is 0.952. The third kappa shape index (κ3) is 19.5. The smallest absolute Gasteiger partial charge is 0.303 e. The van der Waals surface area contributed by atoms with Crippen LogP contribution in [0.2, 0.25) is 0 Å². The fourth-order valence-corrected chi connectivity index (χ4v) is 3.20. The molecule has 2 N–H and O–H groups in total. The molecule has 0 radical (unpaired) electrons. The number of carboxylic acid groups (broad SMARTS) is 1. The molecule has 144 valence electrons. The molecule has 0 spiro atoms. The van der Waals surface area contributed by atoms with Crippen LogP contribution in [0.15, 0.2) is 0 Å². The van der Waals surface area contributed by atoms with E-state index in [-0.39, 0.29) is 6.10 Å². The van der Waals surface area contributed by atoms with Crippen molar-refractivity contribution in [2.45, 2.75) is 129 Å². The summed E-state index contributed by atoms with van der Waals surface area (Å²) in [4.78, 5) is 10.4. The molecule has 3 heteroatoms. The van der Waals surface area contributed by atoms with Crippen molar-refractivity contribution in [1.29, 1.82) is 0 Å². The molecule has 0 aromatic carbocycles. The molecule has 0 saturated heterocycles. The molecular formula is C21H42O3. The molecule has 0 rings (SSSR count). The number of rotatable bonds is 19. The molecule has 0 bridgehead atoms. The predicted molar refractivity (Wildman–Crippen MR) is 102 cm³/mol. The maximum atomic E-state index is 10.4. The lowest BCUT2D eigenvalue weighted by molar-refractivity contribution is -0.137. The minimum absolute atomic E-state index is 0.0667. The van der Waals surface area contributed by atoms with Crippen LogP contribution in [-0.2, 0) is 4.79 Å². The molecule has 3 nitrogen and oxygen atoms in total. The Morgan fingerprint density at radius 2 is 1.04 bits per heavy atom. The molecule has 0 aromatic heterocycles. The van der Waals surface area contributed by atoms with E-state index in [1.54, 1.807) is 0 Å². The van der Waals surface area contributed by atoms with Crippen molar-refractivity contribution in [1.82, 2.24) is 0 Å². The fourth-order valence-electron chi connectivity index (χ4n) is 3.20. The first-order chi connectivity index (χ1) is 11.7. The molecule has 0 aliphatic carbocycles. The third-order valence-electron chi connectivity index (χ3n) is 4.82. The summed E-state index contributed by atoms with van der Waals surface area (Å²) in [7, 11) is 0. The van der Waals surface area contributed by atoms with Crippen LogP contribution in [0.4, 0.5) is 0 Å². The van der Waals surface area contributed by atoms with Gasteiger partial charge in [0.25, 0.3) is 0 Å². The van der Waals surface area contributed by atoms with Gasteiger partial charge >= 0.3 is 5.97 Å². The molecule has 24 heavy (non-hydrogen) atoms. The maximum absolute atomic E-state index is 10.4. The summed E-state index contributed by atoms with van der Waals surface area (Å²) in [5, 5.41) is 18.5. The Kier molecular flexibility index (Phi) is 18.3. The highest BCUT2D eigenvalue weighted by Crippen LogP contribution is 2.14. The van der Waals surface area contributed by atoms with Gasteiger partial charge in [-0.2, -0.15) is 0 Å². The lowest BCUT2D eigenvalue weighted by Gasteiger charge is -2.10. The Hall–Kier alpha value is -0.570. The maximum Gasteiger partial charge on any atom is 0.303 e. The molecule has 0 fully saturated rings. The molecule has 0 unspecified atom stereocenters. The van der Waals surface area contributed by atoms with Crippen molar-refractivity contribution in [3.8, 4) is 0 Å². The number of hydrogen-bond acceptors (Lipinski definition) is 2. The number of aliphatic hydroxyl groups excluding tert-OH is 1. The van der Waals surface area contributed by atoms with Crippen molar-refractivity contribution in [2.75, 3.05) is 0 Å². The van der Waals surface area contributed by atoms with E-state index in [0.717, 1.165) is 25.7 Å². The molecule has 0 heterocycles. The first-order valence-corrected chi connectivity index (χ1v) is 10.6. The van der Waals surface area contributed by atoms with Crippen LogP contribution in [-0.4, -0.2) is 22.3 Å². The van der Waals surface area contributed by atoms with E-state index in [1.807, 2.05) is 0 Å². The molecule has 0 aromatic rings. The predicted octanol–water partition coefficient (Wildman–Crippen LogP) is 6.47. The van der Waals surface area contributed by atoms with E-state index in [4.69, 9.17) is 5.11 Å². The van der Waals surface area contributed by atoms with Crippen LogP contribution in [0.3, 0.4) is 0 Å². The summed E-state index contributed by atoms with van der Waals surface area (Å²) in [6.07, 6.45) is 20.6. The van der Waals surface area contributed by atoms with Gasteiger partial charge in [0, 0.05) is 6.42 Å². The average Bonchev–Trinajstić information content (AvgIpc) is 2.55. The van der Waals surface area contributed by atoms with Crippen molar-refractivity contribution < 1.29 is 15.0 Å². The Labute approximate surface area is 150 Å². The topological polar surface area (TPSA) is 57.5 Å². The van der Waals surface area contributed by atoms with E-state index in [2.05, 4.69) is 6.92 Å². The molecule has 0 amide bonds. The molecule has 0 saturated carbocycles. The second-order valence-corrected chi connectivity index (χ2v) is 7.32. The molecule has 0 aliphatic heterocycles. The number of carbonyl (C=O) groups is 1. The zero-order valence-electron chi connectivity index (χ0n) is 16.1. The van der Waals surface area contributed by atoms with Crippen molar-refractivity contribution >= 4 is 5.97 Å². The average molecular weight is 343 g/mol. The monoisotopic (exact) mass is 342 g/mol. The number of unbranched alkanes of at least 4 members (excludes halogenated alkanes) is 13. The first-order valence-electron chi connectivity index (χ1n) is 10.6. The number of hydrogen-bond donors (Lipinski definition) is 2. The number of aliphatic hydroxyl groups is 1. The standard InChI is InChI=1S/C21H42O3/c1-2-3-4-14-17-20(22)18-15-12-10-8-6-5-7-9-11-13-16-19-21(23)24/h20,22H,2-19H2,1H3,(H,23,24)/t20-/m0/s1. The van der Waals surface area contributed by atoms with Gasteiger partial charge in [0.1, 0.15) is 0 Å². The highest BCUT2D eigenvalue weighted by molar-refractivity contribution is 5.66. The van der Waals surface area contributed by atoms with E-state index in [1.165, 1.54) is 83.5 Å². The molecular weight excluding hydrogens is 300 g/mol. The second kappa shape index (κ2) is 18.8. The van der Waals surface area contributed by atoms with Gasteiger partial charge in [-0.05, 0) is 19.3 Å². The zero-order valence-corrected chi connectivity index (χ0v) is 16.1. The van der Waals surface area contributed by atoms with Gasteiger partial charge in [0.2, 0.25) is 0 Å². The summed E-state index contributed by atoms with van der Waals surface area (Å²) < 4.78 is 0. The van der Waals surface area contributed by atoms with E-state index < -0.39 is 5.97 Å². The van der Waals surface area contributed by atoms with E-state index in [9.17, 15) is 9.90 Å². The van der Waals surface area contributed by atoms with Crippen LogP contribution in [0.25, 0.3) is 0 Å². The largest absolute Gasteiger partial charge is 0.481 e. The lowest BCUT2D eigenvalue weighted by atomic mass is 10.0. The van der Waals surface area contributed by atoms with Gasteiger partial charge in [0.15, 0.2) is 0 Å². The van der Waals surface area contributed by atoms with E-state index in [0.29, 0.717) is 6.42 Å². The summed E-state index contributed by atoms with van der Waals surface area (Å²) in [6.45, 7) is 2.22. The van der Waals surface area contributed by atoms with Gasteiger partial charge in [0.05, 0.1) is 6.10 Å². The summed E-state index contributed by atoms with van der Waals surface area (Å²) >= 11 is 0. The summed E-state index contributed by atoms with van der Waals surface area (Å²) in [6, 6.07) is 0. The van der Waals surface area contributed by atoms with Crippen LogP contribution >= 0.6 is 0 Å². The Morgan fingerprint density at radius 1 is 0.667 bits per heavy atom. The Bertz CT molecular complexity index is 266. The first kappa shape index (κ1) is 23.4. The Balaban J connectivity index is 3.10. The van der Waals surface area contributed by atoms with Crippen LogP contribution in [0.5, 0.6) is 0 Å². The summed E-state index contributed by atoms with van der Waals surface area (Å²) in [5.74, 6) is -0.668. The highest BCUT2D eigenvalue weighted by atomic mass is 16.4. The SMILES string of the molecule is CCCCCC[C@H](O)CCCCCCCCCCCCCC(=O)O. The van der Waals surface area contributed by atoms with Crippen molar-refractivity contribution in [3.05, 3.63) is 0 Å². The zero-order chi connectivity index (χ0) is 17.9. The molecule has 0 aliphatic rings. The van der Waals surface area contributed by atoms with Gasteiger partial charge in [-0.3, -0.25) is 4.79 Å². The minimum Gasteiger partial charge on any atom is -0.481 e. The summed E-state index contributed by atoms with van der Waals surface area (Å²) in [5.41, 5.74) is 0. The number of aliphatic carboxylic acids is 1. The minimum atomic E-state index is -0.668. The van der Waals surface area contributed by atoms with E-state index >= 15 is 0 Å². The quantitative estimate of drug-likeness (QED) is 0.264. The van der Waals surface area contributed by atoms with Crippen LogP contribution in [0.1, 0.15) is 122 Å². The second-order valence-electron chi connectivity index (χ2n) is 7.32. The van der Waals surface area contributed by atoms with Gasteiger partial charge < -0.3 is 10.2 Å². The van der Waals surface area contributed by atoms with Crippen LogP contribution in [0, 0.1) is 0 Å². The number of carboxylic acids is 1.